The molecule has 7 heteroatoms. The maximum atomic E-state index is 12.4. The van der Waals surface area contributed by atoms with Gasteiger partial charge in [-0.2, -0.15) is 0 Å². The SMILES string of the molecule is CC(C)(C)OC(=O)NC1(C(N)=O)CC2COCC(C1)N2Cc1ccccc1. The summed E-state index contributed by atoms with van der Waals surface area (Å²) in [4.78, 5) is 27.1. The van der Waals surface area contributed by atoms with Crippen molar-refractivity contribution in [3.05, 3.63) is 35.9 Å². The summed E-state index contributed by atoms with van der Waals surface area (Å²) < 4.78 is 11.1. The van der Waals surface area contributed by atoms with Crippen molar-refractivity contribution < 1.29 is 19.1 Å². The normalized spacial score (nSPS) is 28.4. The third kappa shape index (κ3) is 4.59. The minimum absolute atomic E-state index is 0.000132. The van der Waals surface area contributed by atoms with Crippen molar-refractivity contribution in [1.29, 1.82) is 0 Å². The Hall–Kier alpha value is -2.12. The zero-order valence-electron chi connectivity index (χ0n) is 16.2. The zero-order valence-corrected chi connectivity index (χ0v) is 16.2. The molecule has 2 fully saturated rings. The molecule has 27 heavy (non-hydrogen) atoms. The van der Waals surface area contributed by atoms with Crippen LogP contribution in [-0.4, -0.2) is 53.3 Å². The molecule has 148 valence electrons. The number of nitrogens with one attached hydrogen (secondary N) is 1. The number of morpholine rings is 1. The Labute approximate surface area is 160 Å². The quantitative estimate of drug-likeness (QED) is 0.837. The topological polar surface area (TPSA) is 93.9 Å². The third-order valence-corrected chi connectivity index (χ3v) is 5.15. The molecule has 3 N–H and O–H groups in total. The van der Waals surface area contributed by atoms with Gasteiger partial charge in [0.25, 0.3) is 0 Å². The molecular formula is C20H29N3O4. The molecule has 2 atom stereocenters. The first-order valence-corrected chi connectivity index (χ1v) is 9.37. The van der Waals surface area contributed by atoms with E-state index in [1.807, 2.05) is 18.2 Å². The maximum Gasteiger partial charge on any atom is 0.408 e. The van der Waals surface area contributed by atoms with Crippen LogP contribution in [0.2, 0.25) is 0 Å². The highest BCUT2D eigenvalue weighted by Crippen LogP contribution is 2.35. The summed E-state index contributed by atoms with van der Waals surface area (Å²) in [6.07, 6.45) is 0.201. The Morgan fingerprint density at radius 3 is 2.33 bits per heavy atom. The number of amides is 2. The fraction of sp³-hybridized carbons (Fsp3) is 0.600. The van der Waals surface area contributed by atoms with Gasteiger partial charge in [0.05, 0.1) is 13.2 Å². The predicted octanol–water partition coefficient (Wildman–Crippen LogP) is 1.80. The molecule has 7 nitrogen and oxygen atoms in total. The van der Waals surface area contributed by atoms with Gasteiger partial charge in [0.2, 0.25) is 5.91 Å². The highest BCUT2D eigenvalue weighted by molar-refractivity contribution is 5.89. The van der Waals surface area contributed by atoms with E-state index in [1.165, 1.54) is 5.56 Å². The standard InChI is InChI=1S/C20H29N3O4/c1-19(2,3)27-18(25)22-20(17(21)24)9-15-12-26-13-16(10-20)23(15)11-14-7-5-4-6-8-14/h4-8,15-16H,9-13H2,1-3H3,(H2,21,24)(H,22,25). The van der Waals surface area contributed by atoms with E-state index in [4.69, 9.17) is 15.2 Å². The molecule has 3 rings (SSSR count). The molecule has 0 aromatic heterocycles. The average molecular weight is 375 g/mol. The van der Waals surface area contributed by atoms with Crippen LogP contribution in [0.3, 0.4) is 0 Å². The number of hydrogen-bond donors (Lipinski definition) is 2. The summed E-state index contributed by atoms with van der Waals surface area (Å²) in [6, 6.07) is 10.2. The number of nitrogens with two attached hydrogens (primary N) is 1. The van der Waals surface area contributed by atoms with E-state index in [-0.39, 0.29) is 12.1 Å². The summed E-state index contributed by atoms with van der Waals surface area (Å²) in [6.45, 7) is 7.15. The molecule has 1 aromatic carbocycles. The summed E-state index contributed by atoms with van der Waals surface area (Å²) in [7, 11) is 0. The van der Waals surface area contributed by atoms with E-state index in [9.17, 15) is 9.59 Å². The van der Waals surface area contributed by atoms with E-state index in [0.29, 0.717) is 26.1 Å². The largest absolute Gasteiger partial charge is 0.444 e. The van der Waals surface area contributed by atoms with E-state index >= 15 is 0 Å². The first kappa shape index (κ1) is 19.6. The lowest BCUT2D eigenvalue weighted by Gasteiger charge is -2.52. The molecule has 0 spiro atoms. The van der Waals surface area contributed by atoms with Crippen LogP contribution in [0.15, 0.2) is 30.3 Å². The van der Waals surface area contributed by atoms with Gasteiger partial charge < -0.3 is 20.5 Å². The second kappa shape index (κ2) is 7.48. The highest BCUT2D eigenvalue weighted by atomic mass is 16.6. The van der Waals surface area contributed by atoms with Crippen LogP contribution in [-0.2, 0) is 20.8 Å². The van der Waals surface area contributed by atoms with Crippen molar-refractivity contribution >= 4 is 12.0 Å². The molecule has 2 bridgehead atoms. The van der Waals surface area contributed by atoms with Crippen LogP contribution < -0.4 is 11.1 Å². The average Bonchev–Trinajstić information content (AvgIpc) is 2.54. The highest BCUT2D eigenvalue weighted by Gasteiger charge is 2.51. The molecule has 1 aromatic rings. The van der Waals surface area contributed by atoms with E-state index < -0.39 is 23.1 Å². The number of fused-ring (bicyclic) bond motifs is 2. The molecule has 2 aliphatic rings. The van der Waals surface area contributed by atoms with Gasteiger partial charge in [-0.1, -0.05) is 30.3 Å². The minimum Gasteiger partial charge on any atom is -0.444 e. The van der Waals surface area contributed by atoms with Gasteiger partial charge in [-0.05, 0) is 39.2 Å². The lowest BCUT2D eigenvalue weighted by molar-refractivity contribution is -0.139. The number of ether oxygens (including phenoxy) is 2. The van der Waals surface area contributed by atoms with Crippen LogP contribution in [0.5, 0.6) is 0 Å². The van der Waals surface area contributed by atoms with Crippen LogP contribution >= 0.6 is 0 Å². The first-order chi connectivity index (χ1) is 12.7. The molecule has 0 saturated carbocycles. The van der Waals surface area contributed by atoms with Gasteiger partial charge in [-0.3, -0.25) is 9.69 Å². The Morgan fingerprint density at radius 2 is 1.81 bits per heavy atom. The molecule has 2 unspecified atom stereocenters. The van der Waals surface area contributed by atoms with Crippen molar-refractivity contribution in [2.75, 3.05) is 13.2 Å². The van der Waals surface area contributed by atoms with Gasteiger partial charge in [0, 0.05) is 18.6 Å². The van der Waals surface area contributed by atoms with Gasteiger partial charge >= 0.3 is 6.09 Å². The third-order valence-electron chi connectivity index (χ3n) is 5.15. The number of carbonyl (C=O) groups is 2. The fourth-order valence-corrected chi connectivity index (χ4v) is 3.99. The number of piperidine rings is 1. The molecule has 2 saturated heterocycles. The Bertz CT molecular complexity index is 672. The summed E-state index contributed by atoms with van der Waals surface area (Å²) in [5.41, 5.74) is 5.20. The Kier molecular flexibility index (Phi) is 5.44. The molecule has 0 aliphatic carbocycles. The monoisotopic (exact) mass is 375 g/mol. The van der Waals surface area contributed by atoms with Crippen molar-refractivity contribution in [1.82, 2.24) is 10.2 Å². The smallest absolute Gasteiger partial charge is 0.408 e. The van der Waals surface area contributed by atoms with Gasteiger partial charge in [0.15, 0.2) is 0 Å². The number of carbonyl (C=O) groups excluding carboxylic acids is 2. The summed E-state index contributed by atoms with van der Waals surface area (Å²) >= 11 is 0. The van der Waals surface area contributed by atoms with Crippen LogP contribution in [0.4, 0.5) is 4.79 Å². The fourth-order valence-electron chi connectivity index (χ4n) is 3.99. The molecule has 0 radical (unpaired) electrons. The minimum atomic E-state index is -1.12. The van der Waals surface area contributed by atoms with E-state index in [0.717, 1.165) is 6.54 Å². The summed E-state index contributed by atoms with van der Waals surface area (Å²) in [5.74, 6) is -0.523. The molecule has 2 aliphatic heterocycles. The molecular weight excluding hydrogens is 346 g/mol. The molecule has 2 amide bonds. The van der Waals surface area contributed by atoms with E-state index in [1.54, 1.807) is 20.8 Å². The zero-order chi connectivity index (χ0) is 19.7. The number of primary amides is 1. The Balaban J connectivity index is 1.77. The second-order valence-corrected chi connectivity index (χ2v) is 8.48. The number of benzene rings is 1. The number of hydrogen-bond acceptors (Lipinski definition) is 5. The lowest BCUT2D eigenvalue weighted by atomic mass is 9.77. The second-order valence-electron chi connectivity index (χ2n) is 8.48. The first-order valence-electron chi connectivity index (χ1n) is 9.37. The van der Waals surface area contributed by atoms with Crippen LogP contribution in [0.25, 0.3) is 0 Å². The van der Waals surface area contributed by atoms with Crippen molar-refractivity contribution in [3.63, 3.8) is 0 Å². The Morgan fingerprint density at radius 1 is 1.22 bits per heavy atom. The number of nitrogens with zero attached hydrogens (tertiary/aromatic N) is 1. The number of alkyl carbamates (subject to hydrolysis) is 1. The number of rotatable bonds is 4. The van der Waals surface area contributed by atoms with Gasteiger partial charge in [-0.25, -0.2) is 4.79 Å². The summed E-state index contributed by atoms with van der Waals surface area (Å²) in [5, 5.41) is 2.78. The van der Waals surface area contributed by atoms with Gasteiger partial charge in [0.1, 0.15) is 11.1 Å². The molecule has 2 heterocycles. The predicted molar refractivity (Wildman–Crippen MR) is 101 cm³/mol. The lowest BCUT2D eigenvalue weighted by Crippen LogP contribution is -2.70. The van der Waals surface area contributed by atoms with Crippen molar-refractivity contribution in [3.8, 4) is 0 Å². The maximum absolute atomic E-state index is 12.4. The van der Waals surface area contributed by atoms with Gasteiger partial charge in [-0.15, -0.1) is 0 Å². The van der Waals surface area contributed by atoms with Crippen LogP contribution in [0.1, 0.15) is 39.2 Å². The van der Waals surface area contributed by atoms with Crippen LogP contribution in [0, 0.1) is 0 Å². The van der Waals surface area contributed by atoms with Crippen molar-refractivity contribution in [2.24, 2.45) is 5.73 Å². The van der Waals surface area contributed by atoms with Crippen molar-refractivity contribution in [2.45, 2.75) is 63.4 Å². The van der Waals surface area contributed by atoms with E-state index in [2.05, 4.69) is 22.3 Å².